The minimum absolute atomic E-state index is 0.0396. The zero-order chi connectivity index (χ0) is 13.8. The third kappa shape index (κ3) is 3.26. The Balaban J connectivity index is 2.12. The van der Waals surface area contributed by atoms with Crippen LogP contribution in [0.5, 0.6) is 0 Å². The van der Waals surface area contributed by atoms with Crippen molar-refractivity contribution in [1.82, 2.24) is 30.5 Å². The topological polar surface area (TPSA) is 135 Å². The van der Waals surface area contributed by atoms with Crippen LogP contribution in [0.4, 0.5) is 11.9 Å². The predicted octanol–water partition coefficient (Wildman–Crippen LogP) is -2.44. The summed E-state index contributed by atoms with van der Waals surface area (Å²) in [6.45, 7) is 2.54. The Morgan fingerprint density at radius 2 is 2.11 bits per heavy atom. The van der Waals surface area contributed by atoms with E-state index in [4.69, 9.17) is 11.5 Å². The van der Waals surface area contributed by atoms with Crippen molar-refractivity contribution in [1.29, 1.82) is 0 Å². The molecule has 9 nitrogen and oxygen atoms in total. The highest BCUT2D eigenvalue weighted by atomic mass is 16.2. The van der Waals surface area contributed by atoms with Crippen LogP contribution in [0.25, 0.3) is 0 Å². The zero-order valence-electron chi connectivity index (χ0n) is 10.8. The maximum Gasteiger partial charge on any atom is 0.238 e. The quantitative estimate of drug-likeness (QED) is 0.473. The maximum absolute atomic E-state index is 11.8. The Hall–Kier alpha value is -2.00. The molecule has 0 aliphatic carbocycles. The third-order valence-corrected chi connectivity index (χ3v) is 2.96. The molecule has 1 amide bonds. The van der Waals surface area contributed by atoms with Gasteiger partial charge < -0.3 is 22.1 Å². The highest BCUT2D eigenvalue weighted by Gasteiger charge is 2.28. The zero-order valence-corrected chi connectivity index (χ0v) is 10.8. The van der Waals surface area contributed by atoms with Crippen molar-refractivity contribution < 1.29 is 4.79 Å². The molecule has 0 saturated carbocycles. The molecular weight excluding hydrogens is 248 g/mol. The molecule has 19 heavy (non-hydrogen) atoms. The van der Waals surface area contributed by atoms with E-state index < -0.39 is 0 Å². The Kier molecular flexibility index (Phi) is 4.07. The summed E-state index contributed by atoms with van der Waals surface area (Å²) in [5.41, 5.74) is 11.1. The molecule has 1 aliphatic rings. The summed E-state index contributed by atoms with van der Waals surface area (Å²) in [5, 5.41) is 5.83. The number of piperazine rings is 1. The standard InChI is InChI=1S/C10H18N8O/c1-13-8(19)6-4-14-2-3-18(6)5-7-15-9(11)17-10(12)16-7/h6,14H,2-5H2,1H3,(H,13,19)(H4,11,12,15,16,17). The van der Waals surface area contributed by atoms with E-state index in [0.29, 0.717) is 18.9 Å². The lowest BCUT2D eigenvalue weighted by molar-refractivity contribution is -0.126. The van der Waals surface area contributed by atoms with Crippen LogP contribution >= 0.6 is 0 Å². The van der Waals surface area contributed by atoms with Gasteiger partial charge in [0.2, 0.25) is 17.8 Å². The lowest BCUT2D eigenvalue weighted by Gasteiger charge is -2.34. The van der Waals surface area contributed by atoms with Crippen molar-refractivity contribution in [3.05, 3.63) is 5.82 Å². The average molecular weight is 266 g/mol. The van der Waals surface area contributed by atoms with Crippen LogP contribution in [-0.4, -0.2) is 58.5 Å². The van der Waals surface area contributed by atoms with E-state index >= 15 is 0 Å². The van der Waals surface area contributed by atoms with Crippen LogP contribution in [-0.2, 0) is 11.3 Å². The fourth-order valence-electron chi connectivity index (χ4n) is 2.07. The van der Waals surface area contributed by atoms with Gasteiger partial charge in [0.15, 0.2) is 0 Å². The van der Waals surface area contributed by atoms with Crippen LogP contribution < -0.4 is 22.1 Å². The molecule has 0 radical (unpaired) electrons. The van der Waals surface area contributed by atoms with Crippen molar-refractivity contribution >= 4 is 17.8 Å². The smallest absolute Gasteiger partial charge is 0.238 e. The molecule has 1 aromatic rings. The summed E-state index contributed by atoms with van der Waals surface area (Å²) in [4.78, 5) is 25.6. The number of nitrogen functional groups attached to an aromatic ring is 2. The first kappa shape index (κ1) is 13.4. The third-order valence-electron chi connectivity index (χ3n) is 2.96. The second-order valence-corrected chi connectivity index (χ2v) is 4.27. The average Bonchev–Trinajstić information content (AvgIpc) is 2.37. The van der Waals surface area contributed by atoms with Crippen LogP contribution in [0.15, 0.2) is 0 Å². The first-order valence-electron chi connectivity index (χ1n) is 6.02. The number of carbonyl (C=O) groups is 1. The van der Waals surface area contributed by atoms with E-state index in [1.807, 2.05) is 4.90 Å². The number of amides is 1. The number of carbonyl (C=O) groups excluding carboxylic acids is 1. The van der Waals surface area contributed by atoms with Gasteiger partial charge >= 0.3 is 0 Å². The lowest BCUT2D eigenvalue weighted by atomic mass is 10.1. The second kappa shape index (κ2) is 5.76. The number of aromatic nitrogens is 3. The summed E-state index contributed by atoms with van der Waals surface area (Å²) >= 11 is 0. The van der Waals surface area contributed by atoms with Crippen LogP contribution in [0.3, 0.4) is 0 Å². The highest BCUT2D eigenvalue weighted by molar-refractivity contribution is 5.81. The molecule has 1 saturated heterocycles. The minimum atomic E-state index is -0.252. The fraction of sp³-hybridized carbons (Fsp3) is 0.600. The lowest BCUT2D eigenvalue weighted by Crippen LogP contribution is -2.57. The predicted molar refractivity (Wildman–Crippen MR) is 69.8 cm³/mol. The van der Waals surface area contributed by atoms with E-state index in [0.717, 1.165) is 13.1 Å². The molecule has 1 aliphatic heterocycles. The van der Waals surface area contributed by atoms with Crippen molar-refractivity contribution in [2.24, 2.45) is 0 Å². The molecule has 2 rings (SSSR count). The SMILES string of the molecule is CNC(=O)C1CNCCN1Cc1nc(N)nc(N)n1. The Bertz CT molecular complexity index is 445. The Morgan fingerprint density at radius 1 is 1.42 bits per heavy atom. The van der Waals surface area contributed by atoms with Gasteiger partial charge in [-0.25, -0.2) is 0 Å². The molecule has 1 fully saturated rings. The van der Waals surface area contributed by atoms with Crippen molar-refractivity contribution in [3.8, 4) is 0 Å². The number of rotatable bonds is 3. The molecule has 0 aromatic carbocycles. The van der Waals surface area contributed by atoms with Gasteiger partial charge in [-0.1, -0.05) is 0 Å². The molecule has 2 heterocycles. The number of anilines is 2. The van der Waals surface area contributed by atoms with Crippen molar-refractivity contribution in [2.45, 2.75) is 12.6 Å². The molecule has 0 spiro atoms. The van der Waals surface area contributed by atoms with E-state index in [2.05, 4.69) is 25.6 Å². The first-order valence-corrected chi connectivity index (χ1v) is 6.02. The maximum atomic E-state index is 11.8. The van der Waals surface area contributed by atoms with Crippen molar-refractivity contribution in [3.63, 3.8) is 0 Å². The summed E-state index contributed by atoms with van der Waals surface area (Å²) in [6.07, 6.45) is 0. The number of hydrogen-bond donors (Lipinski definition) is 4. The molecule has 1 unspecified atom stereocenters. The van der Waals surface area contributed by atoms with Gasteiger partial charge in [0.25, 0.3) is 0 Å². The minimum Gasteiger partial charge on any atom is -0.368 e. The molecule has 1 aromatic heterocycles. The number of nitrogens with zero attached hydrogens (tertiary/aromatic N) is 4. The van der Waals surface area contributed by atoms with E-state index in [9.17, 15) is 4.79 Å². The summed E-state index contributed by atoms with van der Waals surface area (Å²) in [7, 11) is 1.62. The van der Waals surface area contributed by atoms with Gasteiger partial charge in [0.05, 0.1) is 6.54 Å². The van der Waals surface area contributed by atoms with Gasteiger partial charge in [-0.2, -0.15) is 15.0 Å². The first-order chi connectivity index (χ1) is 9.10. The Labute approximate surface area is 110 Å². The van der Waals surface area contributed by atoms with Gasteiger partial charge in [-0.15, -0.1) is 0 Å². The van der Waals surface area contributed by atoms with E-state index in [1.54, 1.807) is 7.05 Å². The molecule has 9 heteroatoms. The highest BCUT2D eigenvalue weighted by Crippen LogP contribution is 2.09. The normalized spacial score (nSPS) is 20.2. The molecule has 0 bridgehead atoms. The summed E-state index contributed by atoms with van der Waals surface area (Å²) in [5.74, 6) is 0.617. The monoisotopic (exact) mass is 266 g/mol. The molecule has 104 valence electrons. The summed E-state index contributed by atoms with van der Waals surface area (Å²) in [6, 6.07) is -0.252. The largest absolute Gasteiger partial charge is 0.368 e. The number of nitrogens with one attached hydrogen (secondary N) is 2. The molecular formula is C10H18N8O. The molecule has 1 atom stereocenters. The van der Waals surface area contributed by atoms with Crippen molar-refractivity contribution in [2.75, 3.05) is 38.1 Å². The van der Waals surface area contributed by atoms with E-state index in [-0.39, 0.29) is 23.8 Å². The van der Waals surface area contributed by atoms with Crippen LogP contribution in [0, 0.1) is 0 Å². The number of likely N-dealkylation sites (N-methyl/N-ethyl adjacent to an activating group) is 1. The summed E-state index contributed by atoms with van der Waals surface area (Å²) < 4.78 is 0. The van der Waals surface area contributed by atoms with Gasteiger partial charge in [-0.3, -0.25) is 9.69 Å². The number of hydrogen-bond acceptors (Lipinski definition) is 8. The van der Waals surface area contributed by atoms with Gasteiger partial charge in [-0.05, 0) is 0 Å². The number of nitrogens with two attached hydrogens (primary N) is 2. The van der Waals surface area contributed by atoms with Crippen LogP contribution in [0.2, 0.25) is 0 Å². The van der Waals surface area contributed by atoms with Gasteiger partial charge in [0, 0.05) is 26.7 Å². The van der Waals surface area contributed by atoms with Gasteiger partial charge in [0.1, 0.15) is 11.9 Å². The second-order valence-electron chi connectivity index (χ2n) is 4.27. The van der Waals surface area contributed by atoms with Crippen LogP contribution in [0.1, 0.15) is 5.82 Å². The fourth-order valence-corrected chi connectivity index (χ4v) is 2.07. The Morgan fingerprint density at radius 3 is 2.74 bits per heavy atom. The molecule has 6 N–H and O–H groups in total. The van der Waals surface area contributed by atoms with E-state index in [1.165, 1.54) is 0 Å².